The molecule has 0 atom stereocenters. The number of amides is 1. The van der Waals surface area contributed by atoms with Gasteiger partial charge in [0.2, 0.25) is 5.91 Å². The lowest BCUT2D eigenvalue weighted by Crippen LogP contribution is -2.24. The number of carbonyl (C=O) groups excluding carboxylic acids is 1. The number of benzene rings is 1. The Hall–Kier alpha value is -2.67. The Balaban J connectivity index is 1.54. The van der Waals surface area contributed by atoms with E-state index in [0.29, 0.717) is 13.0 Å². The van der Waals surface area contributed by atoms with Crippen LogP contribution in [-0.2, 0) is 17.8 Å². The van der Waals surface area contributed by atoms with Gasteiger partial charge in [0.05, 0.1) is 32.0 Å². The summed E-state index contributed by atoms with van der Waals surface area (Å²) < 4.78 is 6.85. The molecule has 23 heavy (non-hydrogen) atoms. The highest BCUT2D eigenvalue weighted by molar-refractivity contribution is 7.08. The van der Waals surface area contributed by atoms with Crippen molar-refractivity contribution in [3.05, 3.63) is 58.5 Å². The standard InChI is InChI=1S/C16H16N4O2S/c1-22-15-4-2-3-12(7-15)8-16(21)17-9-13-10-20(19-18-13)14-5-6-23-11-14/h2-7,10-11H,8-9H2,1H3,(H,17,21). The van der Waals surface area contributed by atoms with E-state index in [-0.39, 0.29) is 5.91 Å². The lowest BCUT2D eigenvalue weighted by molar-refractivity contribution is -0.120. The van der Waals surface area contributed by atoms with Crippen molar-refractivity contribution in [3.8, 4) is 11.4 Å². The van der Waals surface area contributed by atoms with Crippen LogP contribution >= 0.6 is 11.3 Å². The average Bonchev–Trinajstić information content (AvgIpc) is 3.24. The molecule has 0 saturated heterocycles. The predicted molar refractivity (Wildman–Crippen MR) is 87.8 cm³/mol. The highest BCUT2D eigenvalue weighted by Gasteiger charge is 2.07. The van der Waals surface area contributed by atoms with Crippen LogP contribution in [-0.4, -0.2) is 28.0 Å². The molecule has 118 valence electrons. The Labute approximate surface area is 137 Å². The molecule has 2 heterocycles. The zero-order chi connectivity index (χ0) is 16.1. The molecule has 0 bridgehead atoms. The number of carbonyl (C=O) groups is 1. The molecule has 1 N–H and O–H groups in total. The van der Waals surface area contributed by atoms with Gasteiger partial charge in [-0.05, 0) is 29.1 Å². The normalized spacial score (nSPS) is 10.5. The number of ether oxygens (including phenoxy) is 1. The van der Waals surface area contributed by atoms with Gasteiger partial charge in [0.1, 0.15) is 11.4 Å². The highest BCUT2D eigenvalue weighted by atomic mass is 32.1. The van der Waals surface area contributed by atoms with Gasteiger partial charge in [-0.15, -0.1) is 5.10 Å². The first-order chi connectivity index (χ1) is 11.2. The lowest BCUT2D eigenvalue weighted by Gasteiger charge is -2.05. The summed E-state index contributed by atoms with van der Waals surface area (Å²) in [5, 5.41) is 14.9. The number of hydrogen-bond donors (Lipinski definition) is 1. The molecule has 0 fully saturated rings. The van der Waals surface area contributed by atoms with E-state index in [4.69, 9.17) is 4.74 Å². The molecule has 1 amide bonds. The monoisotopic (exact) mass is 328 g/mol. The molecule has 6 nitrogen and oxygen atoms in total. The zero-order valence-electron chi connectivity index (χ0n) is 12.6. The van der Waals surface area contributed by atoms with E-state index in [0.717, 1.165) is 22.7 Å². The van der Waals surface area contributed by atoms with E-state index >= 15 is 0 Å². The van der Waals surface area contributed by atoms with Crippen LogP contribution in [0.4, 0.5) is 0 Å². The fourth-order valence-corrected chi connectivity index (χ4v) is 2.74. The quantitative estimate of drug-likeness (QED) is 0.753. The summed E-state index contributed by atoms with van der Waals surface area (Å²) in [6.07, 6.45) is 2.11. The maximum atomic E-state index is 12.0. The Morgan fingerprint density at radius 3 is 3.09 bits per heavy atom. The van der Waals surface area contributed by atoms with Crippen molar-refractivity contribution >= 4 is 17.2 Å². The summed E-state index contributed by atoms with van der Waals surface area (Å²) in [7, 11) is 1.61. The molecule has 3 aromatic rings. The van der Waals surface area contributed by atoms with Crippen molar-refractivity contribution in [1.29, 1.82) is 0 Å². The number of hydrogen-bond acceptors (Lipinski definition) is 5. The molecule has 7 heteroatoms. The molecule has 0 radical (unpaired) electrons. The molecule has 0 saturated carbocycles. The number of thiophene rings is 1. The molecule has 1 aromatic carbocycles. The van der Waals surface area contributed by atoms with Gasteiger partial charge in [0, 0.05) is 5.38 Å². The van der Waals surface area contributed by atoms with Crippen molar-refractivity contribution < 1.29 is 9.53 Å². The van der Waals surface area contributed by atoms with Crippen molar-refractivity contribution in [2.45, 2.75) is 13.0 Å². The SMILES string of the molecule is COc1cccc(CC(=O)NCc2cn(-c3ccsc3)nn2)c1. The smallest absolute Gasteiger partial charge is 0.224 e. The van der Waals surface area contributed by atoms with Gasteiger partial charge >= 0.3 is 0 Å². The minimum atomic E-state index is -0.0664. The third kappa shape index (κ3) is 3.95. The number of rotatable bonds is 6. The minimum absolute atomic E-state index is 0.0664. The molecule has 0 aliphatic heterocycles. The van der Waals surface area contributed by atoms with Gasteiger partial charge in [0.25, 0.3) is 0 Å². The molecule has 0 aliphatic rings. The minimum Gasteiger partial charge on any atom is -0.497 e. The van der Waals surface area contributed by atoms with Gasteiger partial charge in [-0.3, -0.25) is 4.79 Å². The molecule has 0 spiro atoms. The van der Waals surface area contributed by atoms with Gasteiger partial charge in [-0.1, -0.05) is 17.3 Å². The maximum absolute atomic E-state index is 12.0. The van der Waals surface area contributed by atoms with Crippen molar-refractivity contribution in [2.24, 2.45) is 0 Å². The van der Waals surface area contributed by atoms with Gasteiger partial charge in [-0.25, -0.2) is 4.68 Å². The van der Waals surface area contributed by atoms with Gasteiger partial charge in [-0.2, -0.15) is 11.3 Å². The Bertz CT molecular complexity index is 783. The first-order valence-electron chi connectivity index (χ1n) is 7.08. The van der Waals surface area contributed by atoms with E-state index in [1.54, 1.807) is 23.1 Å². The number of aromatic nitrogens is 3. The van der Waals surface area contributed by atoms with E-state index in [1.807, 2.05) is 47.3 Å². The molecule has 0 unspecified atom stereocenters. The molecule has 2 aromatic heterocycles. The summed E-state index contributed by atoms with van der Waals surface area (Å²) in [6, 6.07) is 9.43. The summed E-state index contributed by atoms with van der Waals surface area (Å²) in [4.78, 5) is 12.0. The highest BCUT2D eigenvalue weighted by Crippen LogP contribution is 2.13. The second-order valence-electron chi connectivity index (χ2n) is 4.94. The van der Waals surface area contributed by atoms with Crippen LogP contribution in [0.3, 0.4) is 0 Å². The zero-order valence-corrected chi connectivity index (χ0v) is 13.4. The lowest BCUT2D eigenvalue weighted by atomic mass is 10.1. The second-order valence-corrected chi connectivity index (χ2v) is 5.72. The van der Waals surface area contributed by atoms with E-state index in [9.17, 15) is 4.79 Å². The Morgan fingerprint density at radius 2 is 2.30 bits per heavy atom. The molecule has 3 rings (SSSR count). The van der Waals surface area contributed by atoms with E-state index < -0.39 is 0 Å². The molecular formula is C16H16N4O2S. The topological polar surface area (TPSA) is 69.0 Å². The van der Waals surface area contributed by atoms with Crippen molar-refractivity contribution in [1.82, 2.24) is 20.3 Å². The average molecular weight is 328 g/mol. The predicted octanol–water partition coefficient (Wildman–Crippen LogP) is 2.20. The first-order valence-corrected chi connectivity index (χ1v) is 8.02. The Morgan fingerprint density at radius 1 is 1.39 bits per heavy atom. The third-order valence-electron chi connectivity index (χ3n) is 3.28. The number of methoxy groups -OCH3 is 1. The summed E-state index contributed by atoms with van der Waals surface area (Å²) in [5.74, 6) is 0.678. The van der Waals surface area contributed by atoms with Crippen molar-refractivity contribution in [3.63, 3.8) is 0 Å². The van der Waals surface area contributed by atoms with Crippen LogP contribution in [0.25, 0.3) is 5.69 Å². The largest absolute Gasteiger partial charge is 0.497 e. The van der Waals surface area contributed by atoms with E-state index in [1.165, 1.54) is 0 Å². The fourth-order valence-electron chi connectivity index (χ4n) is 2.11. The van der Waals surface area contributed by atoms with Crippen molar-refractivity contribution in [2.75, 3.05) is 7.11 Å². The van der Waals surface area contributed by atoms with Crippen LogP contribution in [0, 0.1) is 0 Å². The third-order valence-corrected chi connectivity index (χ3v) is 3.95. The van der Waals surface area contributed by atoms with Crippen LogP contribution in [0.15, 0.2) is 47.3 Å². The second kappa shape index (κ2) is 7.06. The summed E-state index contributed by atoms with van der Waals surface area (Å²) >= 11 is 1.60. The summed E-state index contributed by atoms with van der Waals surface area (Å²) in [6.45, 7) is 0.354. The maximum Gasteiger partial charge on any atom is 0.224 e. The first kappa shape index (κ1) is 15.2. The summed E-state index contributed by atoms with van der Waals surface area (Å²) in [5.41, 5.74) is 2.59. The fraction of sp³-hybridized carbons (Fsp3) is 0.188. The number of nitrogens with zero attached hydrogens (tertiary/aromatic N) is 3. The van der Waals surface area contributed by atoms with Crippen LogP contribution in [0.1, 0.15) is 11.3 Å². The van der Waals surface area contributed by atoms with E-state index in [2.05, 4.69) is 15.6 Å². The van der Waals surface area contributed by atoms with Gasteiger partial charge in [0.15, 0.2) is 0 Å². The number of nitrogens with one attached hydrogen (secondary N) is 1. The Kier molecular flexibility index (Phi) is 4.68. The molecular weight excluding hydrogens is 312 g/mol. The molecule has 0 aliphatic carbocycles. The van der Waals surface area contributed by atoms with Crippen LogP contribution < -0.4 is 10.1 Å². The van der Waals surface area contributed by atoms with Crippen LogP contribution in [0.2, 0.25) is 0 Å². The van der Waals surface area contributed by atoms with Gasteiger partial charge < -0.3 is 10.1 Å². The van der Waals surface area contributed by atoms with Crippen LogP contribution in [0.5, 0.6) is 5.75 Å².